The summed E-state index contributed by atoms with van der Waals surface area (Å²) in [5.41, 5.74) is -0.647. The van der Waals surface area contributed by atoms with Crippen molar-refractivity contribution in [1.29, 1.82) is 0 Å². The van der Waals surface area contributed by atoms with Crippen LogP contribution in [0, 0.1) is 12.7 Å². The number of hydrogen-bond donors (Lipinski definition) is 2. The average Bonchev–Trinajstić information content (AvgIpc) is 3.47. The van der Waals surface area contributed by atoms with Crippen molar-refractivity contribution >= 4 is 34.2 Å². The number of rotatable bonds is 10. The van der Waals surface area contributed by atoms with E-state index in [1.165, 1.54) is 0 Å². The van der Waals surface area contributed by atoms with Crippen molar-refractivity contribution in [2.24, 2.45) is 0 Å². The summed E-state index contributed by atoms with van der Waals surface area (Å²) < 4.78 is 70.5. The number of aryl methyl sites for hydroxylation is 1. The van der Waals surface area contributed by atoms with Crippen LogP contribution in [0.4, 0.5) is 23.4 Å². The topological polar surface area (TPSA) is 113 Å². The molecular formula is C28H33F4N5O4S. The largest absolute Gasteiger partial charge is 0.417 e. The zero-order chi connectivity index (χ0) is 30.3. The monoisotopic (exact) mass is 611 g/mol. The van der Waals surface area contributed by atoms with Gasteiger partial charge < -0.3 is 15.5 Å². The number of alkyl halides is 3. The van der Waals surface area contributed by atoms with Gasteiger partial charge in [-0.25, -0.2) is 9.07 Å². The molecule has 0 bridgehead atoms. The molecule has 4 atom stereocenters. The highest BCUT2D eigenvalue weighted by molar-refractivity contribution is 7.85. The Labute approximate surface area is 242 Å². The molecular weight excluding hydrogens is 578 g/mol. The van der Waals surface area contributed by atoms with E-state index >= 15 is 0 Å². The Kier molecular flexibility index (Phi) is 8.46. The normalized spacial score (nSPS) is 22.4. The second-order valence-electron chi connectivity index (χ2n) is 11.2. The highest BCUT2D eigenvalue weighted by Crippen LogP contribution is 2.40. The second-order valence-corrected chi connectivity index (χ2v) is 12.9. The van der Waals surface area contributed by atoms with Gasteiger partial charge in [0.25, 0.3) is 5.91 Å². The van der Waals surface area contributed by atoms with Crippen molar-refractivity contribution in [3.05, 3.63) is 41.3 Å². The fourth-order valence-corrected chi connectivity index (χ4v) is 7.02. The van der Waals surface area contributed by atoms with Gasteiger partial charge in [0.15, 0.2) is 0 Å². The third-order valence-corrected chi connectivity index (χ3v) is 9.80. The number of carbonyl (C=O) groups is 3. The fourth-order valence-electron chi connectivity index (χ4n) is 5.41. The predicted octanol–water partition coefficient (Wildman–Crippen LogP) is 3.57. The maximum absolute atomic E-state index is 13.8. The molecule has 1 saturated heterocycles. The maximum atomic E-state index is 13.8. The Morgan fingerprint density at radius 1 is 1.14 bits per heavy atom. The first-order chi connectivity index (χ1) is 19.9. The van der Waals surface area contributed by atoms with Gasteiger partial charge in [-0.1, -0.05) is 6.92 Å². The number of hydrogen-bond acceptors (Lipinski definition) is 6. The lowest BCUT2D eigenvalue weighted by Crippen LogP contribution is -2.52. The van der Waals surface area contributed by atoms with Gasteiger partial charge in [0, 0.05) is 18.7 Å². The first-order valence-corrected chi connectivity index (χ1v) is 15.3. The van der Waals surface area contributed by atoms with Gasteiger partial charge in [-0.05, 0) is 70.1 Å². The summed E-state index contributed by atoms with van der Waals surface area (Å²) in [7, 11) is -2.25. The SMILES string of the molecule is CC[C@H](NC(=O)[C@@H]1C[C@@H](S(=O)c2ccc(F)cc2C(F)(F)F)CN1c1cc(C)nn1C1CCC1)C(=O)C(=O)NC1CC1. The van der Waals surface area contributed by atoms with Crippen LogP contribution in [0.25, 0.3) is 0 Å². The van der Waals surface area contributed by atoms with Crippen LogP contribution in [-0.2, 0) is 31.4 Å². The first-order valence-electron chi connectivity index (χ1n) is 14.1. The molecule has 14 heteroatoms. The van der Waals surface area contributed by atoms with Gasteiger partial charge in [-0.3, -0.25) is 18.6 Å². The molecule has 2 aliphatic carbocycles. The molecule has 3 aliphatic rings. The zero-order valence-electron chi connectivity index (χ0n) is 23.2. The number of nitrogens with one attached hydrogen (secondary N) is 2. The number of carbonyl (C=O) groups excluding carboxylic acids is 3. The molecule has 2 amide bonds. The lowest BCUT2D eigenvalue weighted by molar-refractivity contribution is -0.140. The second kappa shape index (κ2) is 11.8. The van der Waals surface area contributed by atoms with Gasteiger partial charge in [-0.15, -0.1) is 0 Å². The standard InChI is InChI=1S/C28H33F4N5O4S/c1-3-21(25(38)27(40)33-17-8-9-17)34-26(39)22-13-19(42(41)23-10-7-16(29)12-20(23)28(30,31)32)14-36(22)24-11-15(2)35-37(24)18-5-4-6-18/h7,10-12,17-19,21-22H,3-6,8-9,13-14H2,1-2H3,(H,33,40)(H,34,39)/t19-,21+,22+,42?/m1/s1. The molecule has 2 N–H and O–H groups in total. The summed E-state index contributed by atoms with van der Waals surface area (Å²) in [6.07, 6.45) is -0.547. The molecule has 0 spiro atoms. The Hall–Kier alpha value is -3.29. The van der Waals surface area contributed by atoms with Crippen LogP contribution in [0.5, 0.6) is 0 Å². The number of halogens is 4. The van der Waals surface area contributed by atoms with E-state index in [1.54, 1.807) is 29.5 Å². The van der Waals surface area contributed by atoms with E-state index in [1.807, 2.05) is 0 Å². The number of nitrogens with zero attached hydrogens (tertiary/aromatic N) is 3. The number of amides is 2. The quantitative estimate of drug-likeness (QED) is 0.314. The molecule has 2 heterocycles. The van der Waals surface area contributed by atoms with E-state index in [2.05, 4.69) is 15.7 Å². The highest BCUT2D eigenvalue weighted by atomic mass is 32.2. The molecule has 1 unspecified atom stereocenters. The molecule has 0 radical (unpaired) electrons. The van der Waals surface area contributed by atoms with Crippen LogP contribution >= 0.6 is 0 Å². The Balaban J connectivity index is 1.44. The molecule has 1 aromatic carbocycles. The third kappa shape index (κ3) is 6.23. The molecule has 3 fully saturated rings. The van der Waals surface area contributed by atoms with Crippen molar-refractivity contribution in [1.82, 2.24) is 20.4 Å². The minimum atomic E-state index is -4.93. The number of anilines is 1. The summed E-state index contributed by atoms with van der Waals surface area (Å²) in [6.45, 7) is 3.40. The lowest BCUT2D eigenvalue weighted by atomic mass is 9.93. The molecule has 42 heavy (non-hydrogen) atoms. The van der Waals surface area contributed by atoms with Gasteiger partial charge in [0.05, 0.1) is 44.3 Å². The predicted molar refractivity (Wildman–Crippen MR) is 146 cm³/mol. The van der Waals surface area contributed by atoms with Crippen molar-refractivity contribution in [2.45, 2.75) is 99.3 Å². The van der Waals surface area contributed by atoms with Gasteiger partial charge in [-0.2, -0.15) is 18.3 Å². The van der Waals surface area contributed by atoms with E-state index < -0.39 is 68.2 Å². The van der Waals surface area contributed by atoms with Crippen LogP contribution in [0.2, 0.25) is 0 Å². The van der Waals surface area contributed by atoms with Crippen LogP contribution in [0.3, 0.4) is 0 Å². The third-order valence-electron chi connectivity index (χ3n) is 8.06. The number of Topliss-reactive ketones (excluding diaryl/α,β-unsaturated/α-hetero) is 1. The van der Waals surface area contributed by atoms with Crippen molar-refractivity contribution in [3.63, 3.8) is 0 Å². The maximum Gasteiger partial charge on any atom is 0.417 e. The fraction of sp³-hybridized carbons (Fsp3) is 0.571. The van der Waals surface area contributed by atoms with Crippen LogP contribution in [0.1, 0.15) is 69.2 Å². The van der Waals surface area contributed by atoms with Crippen molar-refractivity contribution in [3.8, 4) is 0 Å². The average molecular weight is 612 g/mol. The Morgan fingerprint density at radius 3 is 2.45 bits per heavy atom. The minimum absolute atomic E-state index is 0.0376. The highest BCUT2D eigenvalue weighted by Gasteiger charge is 2.45. The van der Waals surface area contributed by atoms with Gasteiger partial charge in [0.2, 0.25) is 11.7 Å². The van der Waals surface area contributed by atoms with E-state index in [4.69, 9.17) is 0 Å². The minimum Gasteiger partial charge on any atom is -0.347 e. The summed E-state index contributed by atoms with van der Waals surface area (Å²) in [5.74, 6) is -2.70. The van der Waals surface area contributed by atoms with E-state index in [0.29, 0.717) is 17.6 Å². The van der Waals surface area contributed by atoms with Gasteiger partial charge >= 0.3 is 6.18 Å². The molecule has 9 nitrogen and oxygen atoms in total. The van der Waals surface area contributed by atoms with Crippen LogP contribution in [0.15, 0.2) is 29.2 Å². The first kappa shape index (κ1) is 30.2. The summed E-state index contributed by atoms with van der Waals surface area (Å²) in [5, 5.41) is 8.94. The smallest absolute Gasteiger partial charge is 0.347 e. The van der Waals surface area contributed by atoms with Crippen LogP contribution < -0.4 is 15.5 Å². The number of benzene rings is 1. The van der Waals surface area contributed by atoms with E-state index in [-0.39, 0.29) is 31.5 Å². The molecule has 228 valence electrons. The molecule has 5 rings (SSSR count). The van der Waals surface area contributed by atoms with E-state index in [0.717, 1.165) is 44.2 Å². The zero-order valence-corrected chi connectivity index (χ0v) is 24.1. The number of ketones is 1. The molecule has 1 aliphatic heterocycles. The summed E-state index contributed by atoms with van der Waals surface area (Å²) in [6, 6.07) is 1.74. The molecule has 1 aromatic heterocycles. The van der Waals surface area contributed by atoms with Crippen LogP contribution in [-0.4, -0.2) is 61.5 Å². The molecule has 2 saturated carbocycles. The Bertz CT molecular complexity index is 1410. The summed E-state index contributed by atoms with van der Waals surface area (Å²) in [4.78, 5) is 40.0. The Morgan fingerprint density at radius 2 is 1.86 bits per heavy atom. The van der Waals surface area contributed by atoms with Gasteiger partial charge in [0.1, 0.15) is 17.7 Å². The lowest BCUT2D eigenvalue weighted by Gasteiger charge is -2.32. The van der Waals surface area contributed by atoms with Crippen molar-refractivity contribution < 1.29 is 36.2 Å². The number of aromatic nitrogens is 2. The summed E-state index contributed by atoms with van der Waals surface area (Å²) >= 11 is 0. The van der Waals surface area contributed by atoms with E-state index in [9.17, 15) is 36.2 Å². The molecule has 2 aromatic rings. The van der Waals surface area contributed by atoms with Crippen molar-refractivity contribution in [2.75, 3.05) is 11.4 Å².